The van der Waals surface area contributed by atoms with Crippen LogP contribution in [0.2, 0.25) is 0 Å². The Morgan fingerprint density at radius 2 is 1.60 bits per heavy atom. The molecule has 2 aromatic rings. The van der Waals surface area contributed by atoms with Gasteiger partial charge in [-0.05, 0) is 61.8 Å². The van der Waals surface area contributed by atoms with Crippen molar-refractivity contribution in [3.05, 3.63) is 53.1 Å². The van der Waals surface area contributed by atoms with E-state index in [9.17, 15) is 27.9 Å². The van der Waals surface area contributed by atoms with Crippen LogP contribution in [0.25, 0.3) is 0 Å². The number of carbonyl (C=O) groups is 3. The fourth-order valence-electron chi connectivity index (χ4n) is 7.87. The summed E-state index contributed by atoms with van der Waals surface area (Å²) < 4.78 is 33.9. The third-order valence-corrected chi connectivity index (χ3v) is 12.9. The zero-order chi connectivity index (χ0) is 37.2. The third kappa shape index (κ3) is 8.35. The van der Waals surface area contributed by atoms with Gasteiger partial charge in [-0.3, -0.25) is 9.69 Å². The van der Waals surface area contributed by atoms with Crippen LogP contribution < -0.4 is 10.8 Å². The highest BCUT2D eigenvalue weighted by atomic mass is 32.2. The van der Waals surface area contributed by atoms with E-state index in [1.54, 1.807) is 43.0 Å². The maximum atomic E-state index is 14.1. The van der Waals surface area contributed by atoms with Crippen LogP contribution >= 0.6 is 0 Å². The number of anilines is 1. The molecule has 14 nitrogen and oxygen atoms in total. The van der Waals surface area contributed by atoms with E-state index in [0.717, 1.165) is 30.5 Å². The standard InChI is InChI=1S/C36H50BN7O7S/c1-25-22-26(23-30(37)33(25)45)24-32(34(46)41-20-18-40(19-21-41)28-11-15-43(16-12-28)52(49,50)39(2)3)51-36(48)42-13-9-29(10-14-42)44-17-8-27-6-4-5-7-31(27)38-35(44)47/h4-7,22-23,28-29,32,45H,8-21,24H2,1-3H3,(H,38,47)/t32-/m1/s1. The van der Waals surface area contributed by atoms with Gasteiger partial charge in [-0.15, -0.1) is 0 Å². The minimum atomic E-state index is -3.45. The van der Waals surface area contributed by atoms with Gasteiger partial charge in [0.2, 0.25) is 0 Å². The van der Waals surface area contributed by atoms with Crippen LogP contribution in [0.15, 0.2) is 36.4 Å². The minimum Gasteiger partial charge on any atom is -0.508 e. The number of rotatable bonds is 8. The number of aromatic hydroxyl groups is 1. The van der Waals surface area contributed by atoms with Crippen LogP contribution in [-0.2, 0) is 32.6 Å². The maximum Gasteiger partial charge on any atom is 0.410 e. The number of nitrogens with one attached hydrogen (secondary N) is 1. The Balaban J connectivity index is 1.06. The number of urea groups is 1. The fourth-order valence-corrected chi connectivity index (χ4v) is 9.00. The minimum absolute atomic E-state index is 0.0188. The van der Waals surface area contributed by atoms with Gasteiger partial charge in [0.1, 0.15) is 13.6 Å². The molecule has 3 saturated heterocycles. The molecule has 3 fully saturated rings. The molecule has 280 valence electrons. The lowest BCUT2D eigenvalue weighted by molar-refractivity contribution is -0.143. The quantitative estimate of drug-likeness (QED) is 0.389. The normalized spacial score (nSPS) is 20.7. The average Bonchev–Trinajstić information content (AvgIpc) is 3.31. The number of phenolic OH excluding ortho intramolecular Hbond substituents is 1. The summed E-state index contributed by atoms with van der Waals surface area (Å²) in [5.41, 5.74) is 3.35. The number of phenols is 1. The summed E-state index contributed by atoms with van der Waals surface area (Å²) in [6, 6.07) is 11.2. The van der Waals surface area contributed by atoms with Crippen LogP contribution in [0.1, 0.15) is 42.4 Å². The number of hydrogen-bond donors (Lipinski definition) is 2. The monoisotopic (exact) mass is 735 g/mol. The van der Waals surface area contributed by atoms with Crippen LogP contribution in [0.4, 0.5) is 15.3 Å². The summed E-state index contributed by atoms with van der Waals surface area (Å²) in [7, 11) is 5.69. The molecule has 0 bridgehead atoms. The number of ether oxygens (including phenoxy) is 1. The molecule has 2 N–H and O–H groups in total. The molecule has 1 atom stereocenters. The molecule has 4 amide bonds. The first-order valence-electron chi connectivity index (χ1n) is 18.2. The molecule has 0 aliphatic carbocycles. The van der Waals surface area contributed by atoms with Crippen molar-refractivity contribution < 1.29 is 32.6 Å². The second-order valence-corrected chi connectivity index (χ2v) is 16.6. The number of piperazine rings is 1. The second-order valence-electron chi connectivity index (χ2n) is 14.5. The highest BCUT2D eigenvalue weighted by Gasteiger charge is 2.37. The lowest BCUT2D eigenvalue weighted by atomic mass is 9.89. The molecule has 16 heteroatoms. The topological polar surface area (TPSA) is 146 Å². The van der Waals surface area contributed by atoms with E-state index in [0.29, 0.717) is 82.9 Å². The van der Waals surface area contributed by atoms with Gasteiger partial charge < -0.3 is 29.9 Å². The van der Waals surface area contributed by atoms with E-state index in [1.807, 2.05) is 29.2 Å². The average molecular weight is 736 g/mol. The van der Waals surface area contributed by atoms with Crippen molar-refractivity contribution in [2.75, 3.05) is 78.3 Å². The Bertz CT molecular complexity index is 1710. The number of fused-ring (bicyclic) bond motifs is 1. The maximum absolute atomic E-state index is 14.1. The lowest BCUT2D eigenvalue weighted by Gasteiger charge is -2.43. The van der Waals surface area contributed by atoms with Gasteiger partial charge in [-0.1, -0.05) is 35.8 Å². The summed E-state index contributed by atoms with van der Waals surface area (Å²) in [4.78, 5) is 48.3. The van der Waals surface area contributed by atoms with E-state index in [1.165, 1.54) is 8.61 Å². The van der Waals surface area contributed by atoms with Crippen molar-refractivity contribution >= 4 is 47.2 Å². The van der Waals surface area contributed by atoms with Crippen molar-refractivity contribution in [2.24, 2.45) is 0 Å². The Morgan fingerprint density at radius 3 is 2.25 bits per heavy atom. The molecule has 52 heavy (non-hydrogen) atoms. The Hall–Kier alpha value is -3.86. The van der Waals surface area contributed by atoms with E-state index < -0.39 is 22.4 Å². The Kier molecular flexibility index (Phi) is 11.7. The van der Waals surface area contributed by atoms with E-state index in [4.69, 9.17) is 12.6 Å². The van der Waals surface area contributed by atoms with Gasteiger partial charge in [0.05, 0.1) is 0 Å². The molecule has 4 aliphatic rings. The second kappa shape index (κ2) is 16.0. The number of benzene rings is 2. The van der Waals surface area contributed by atoms with Gasteiger partial charge in [0.25, 0.3) is 16.1 Å². The van der Waals surface area contributed by atoms with Gasteiger partial charge in [0.15, 0.2) is 6.10 Å². The van der Waals surface area contributed by atoms with E-state index in [-0.39, 0.29) is 41.7 Å². The van der Waals surface area contributed by atoms with Crippen molar-refractivity contribution in [3.8, 4) is 5.75 Å². The summed E-state index contributed by atoms with van der Waals surface area (Å²) in [6.45, 7) is 6.17. The lowest BCUT2D eigenvalue weighted by Crippen LogP contribution is -2.57. The van der Waals surface area contributed by atoms with Gasteiger partial charge in [0, 0.05) is 97.2 Å². The molecule has 4 aliphatic heterocycles. The van der Waals surface area contributed by atoms with Crippen LogP contribution in [0.5, 0.6) is 5.75 Å². The highest BCUT2D eigenvalue weighted by Crippen LogP contribution is 2.26. The molecule has 0 unspecified atom stereocenters. The predicted octanol–water partition coefficient (Wildman–Crippen LogP) is 1.51. The van der Waals surface area contributed by atoms with Crippen LogP contribution in [-0.4, -0.2) is 159 Å². The summed E-state index contributed by atoms with van der Waals surface area (Å²) in [6.07, 6.45) is 1.78. The third-order valence-electron chi connectivity index (χ3n) is 11.0. The van der Waals surface area contributed by atoms with Crippen LogP contribution in [0.3, 0.4) is 0 Å². The van der Waals surface area contributed by atoms with Gasteiger partial charge >= 0.3 is 12.1 Å². The highest BCUT2D eigenvalue weighted by molar-refractivity contribution is 7.86. The number of amides is 4. The number of likely N-dealkylation sites (tertiary alicyclic amines) is 1. The zero-order valence-electron chi connectivity index (χ0n) is 30.4. The van der Waals surface area contributed by atoms with Crippen molar-refractivity contribution in [2.45, 2.75) is 63.6 Å². The number of nitrogens with zero attached hydrogens (tertiary/aromatic N) is 6. The number of para-hydroxylation sites is 1. The smallest absolute Gasteiger partial charge is 0.410 e. The molecule has 2 aromatic carbocycles. The van der Waals surface area contributed by atoms with Crippen molar-refractivity contribution in [1.82, 2.24) is 28.2 Å². The Labute approximate surface area is 308 Å². The summed E-state index contributed by atoms with van der Waals surface area (Å²) in [5, 5.41) is 13.3. The molecule has 2 radical (unpaired) electrons. The molecule has 6 rings (SSSR count). The molecule has 0 saturated carbocycles. The number of piperidine rings is 2. The molecular weight excluding hydrogens is 685 g/mol. The fraction of sp³-hybridized carbons (Fsp3) is 0.583. The molecule has 0 aromatic heterocycles. The van der Waals surface area contributed by atoms with E-state index >= 15 is 0 Å². The number of carbonyl (C=O) groups excluding carboxylic acids is 3. The summed E-state index contributed by atoms with van der Waals surface area (Å²) in [5.74, 6) is -0.311. The zero-order valence-corrected chi connectivity index (χ0v) is 31.2. The van der Waals surface area contributed by atoms with Crippen molar-refractivity contribution in [1.29, 1.82) is 0 Å². The molecule has 0 spiro atoms. The number of aryl methyl sites for hydroxylation is 1. The van der Waals surface area contributed by atoms with Crippen LogP contribution in [0, 0.1) is 6.92 Å². The molecule has 4 heterocycles. The summed E-state index contributed by atoms with van der Waals surface area (Å²) >= 11 is 0. The SMILES string of the molecule is [B]c1cc(C[C@@H](OC(=O)N2CCC(N3CCc4ccccc4NC3=O)CC2)C(=O)N2CCN(C3CCN(S(=O)(=O)N(C)C)CC3)CC2)cc(C)c1O. The number of hydrogen-bond acceptors (Lipinski definition) is 8. The van der Waals surface area contributed by atoms with Gasteiger partial charge in [-0.2, -0.15) is 17.0 Å². The van der Waals surface area contributed by atoms with E-state index in [2.05, 4.69) is 10.2 Å². The first kappa shape index (κ1) is 37.9. The van der Waals surface area contributed by atoms with Gasteiger partial charge in [-0.25, -0.2) is 9.59 Å². The molecular formula is C36H50BN7O7S. The van der Waals surface area contributed by atoms with Crippen molar-refractivity contribution in [3.63, 3.8) is 0 Å². The first-order valence-corrected chi connectivity index (χ1v) is 19.6. The largest absolute Gasteiger partial charge is 0.508 e. The first-order chi connectivity index (χ1) is 24.8. The predicted molar refractivity (Wildman–Crippen MR) is 198 cm³/mol. The Morgan fingerprint density at radius 1 is 0.942 bits per heavy atom.